The maximum Gasteiger partial charge on any atom is 0.573 e. The summed E-state index contributed by atoms with van der Waals surface area (Å²) in [5, 5.41) is 2.85. The first-order valence-electron chi connectivity index (χ1n) is 8.34. The van der Waals surface area contributed by atoms with Crippen LogP contribution in [0.2, 0.25) is 0 Å². The minimum Gasteiger partial charge on any atom is -0.406 e. The molecule has 0 unspecified atom stereocenters. The number of nitrogens with zero attached hydrogens (tertiary/aromatic N) is 1. The second-order valence-corrected chi connectivity index (χ2v) is 6.42. The zero-order valence-electron chi connectivity index (χ0n) is 15.3. The van der Waals surface area contributed by atoms with E-state index >= 15 is 0 Å². The highest BCUT2D eigenvalue weighted by Gasteiger charge is 2.37. The highest BCUT2D eigenvalue weighted by Crippen LogP contribution is 2.31. The largest absolute Gasteiger partial charge is 0.573 e. The molecule has 0 aliphatic carbocycles. The maximum atomic E-state index is 12.6. The number of ether oxygens (including phenoxy) is 1. The van der Waals surface area contributed by atoms with Gasteiger partial charge < -0.3 is 10.1 Å². The van der Waals surface area contributed by atoms with Crippen LogP contribution in [0.3, 0.4) is 0 Å². The summed E-state index contributed by atoms with van der Waals surface area (Å²) in [6.45, 7) is 3.84. The number of likely N-dealkylation sites (N-methyl/N-ethyl adjacent to an activating group) is 1. The van der Waals surface area contributed by atoms with Crippen LogP contribution in [0.1, 0.15) is 16.7 Å². The molecule has 146 valence electrons. The molecule has 0 aromatic heterocycles. The summed E-state index contributed by atoms with van der Waals surface area (Å²) in [4.78, 5) is 26.1. The lowest BCUT2D eigenvalue weighted by Crippen LogP contribution is -2.27. The quantitative estimate of drug-likeness (QED) is 0.801. The molecule has 28 heavy (non-hydrogen) atoms. The number of benzene rings is 2. The van der Waals surface area contributed by atoms with Crippen molar-refractivity contribution in [1.82, 2.24) is 4.90 Å². The Kier molecular flexibility index (Phi) is 4.89. The van der Waals surface area contributed by atoms with Gasteiger partial charge in [-0.1, -0.05) is 18.2 Å². The van der Waals surface area contributed by atoms with Crippen LogP contribution in [0, 0.1) is 13.8 Å². The van der Waals surface area contributed by atoms with Crippen LogP contribution >= 0.6 is 0 Å². The van der Waals surface area contributed by atoms with Crippen LogP contribution in [0.4, 0.5) is 18.9 Å². The van der Waals surface area contributed by atoms with Crippen molar-refractivity contribution in [3.63, 3.8) is 0 Å². The van der Waals surface area contributed by atoms with Crippen molar-refractivity contribution >= 4 is 23.1 Å². The van der Waals surface area contributed by atoms with E-state index < -0.39 is 18.2 Å². The first-order valence-corrected chi connectivity index (χ1v) is 8.34. The summed E-state index contributed by atoms with van der Waals surface area (Å²) in [5.74, 6) is -1.35. The van der Waals surface area contributed by atoms with Gasteiger partial charge in [-0.3, -0.25) is 14.5 Å². The molecule has 0 atom stereocenters. The summed E-state index contributed by atoms with van der Waals surface area (Å²) in [6, 6.07) is 10.3. The fraction of sp³-hybridized carbons (Fsp3) is 0.200. The third-order valence-electron chi connectivity index (χ3n) is 4.44. The van der Waals surface area contributed by atoms with Crippen LogP contribution in [0.15, 0.2) is 48.2 Å². The lowest BCUT2D eigenvalue weighted by Gasteiger charge is -2.11. The molecule has 3 rings (SSSR count). The topological polar surface area (TPSA) is 58.6 Å². The first kappa shape index (κ1) is 19.5. The average molecular weight is 390 g/mol. The maximum absolute atomic E-state index is 12.6. The van der Waals surface area contributed by atoms with Gasteiger partial charge in [0.05, 0.1) is 5.57 Å². The van der Waals surface area contributed by atoms with Gasteiger partial charge in [0, 0.05) is 12.7 Å². The smallest absolute Gasteiger partial charge is 0.406 e. The SMILES string of the molecule is Cc1ccc(C2=C(Nc3ccc(OC(F)(F)F)cc3)C(=O)N(C)C2=O)cc1C. The van der Waals surface area contributed by atoms with Gasteiger partial charge in [0.2, 0.25) is 0 Å². The summed E-state index contributed by atoms with van der Waals surface area (Å²) in [5.41, 5.74) is 3.23. The summed E-state index contributed by atoms with van der Waals surface area (Å²) >= 11 is 0. The molecule has 1 N–H and O–H groups in total. The summed E-state index contributed by atoms with van der Waals surface area (Å²) in [6.07, 6.45) is -4.79. The number of alkyl halides is 3. The van der Waals surface area contributed by atoms with Crippen molar-refractivity contribution in [3.8, 4) is 5.75 Å². The molecular weight excluding hydrogens is 373 g/mol. The van der Waals surface area contributed by atoms with Crippen LogP contribution < -0.4 is 10.1 Å². The standard InChI is InChI=1S/C20H17F3N2O3/c1-11-4-5-13(10-12(11)2)16-17(19(27)25(3)18(16)26)24-14-6-8-15(9-7-14)28-20(21,22)23/h4-10,24H,1-3H3. The number of anilines is 1. The van der Waals surface area contributed by atoms with Gasteiger partial charge in [0.25, 0.3) is 11.8 Å². The molecule has 1 aliphatic rings. The minimum absolute atomic E-state index is 0.0697. The predicted molar refractivity (Wildman–Crippen MR) is 97.4 cm³/mol. The number of amides is 2. The lowest BCUT2D eigenvalue weighted by atomic mass is 9.99. The molecule has 0 spiro atoms. The van der Waals surface area contributed by atoms with E-state index in [4.69, 9.17) is 0 Å². The fourth-order valence-electron chi connectivity index (χ4n) is 2.81. The van der Waals surface area contributed by atoms with Crippen LogP contribution in [-0.4, -0.2) is 30.1 Å². The second-order valence-electron chi connectivity index (χ2n) is 6.42. The van der Waals surface area contributed by atoms with Gasteiger partial charge >= 0.3 is 6.36 Å². The number of carbonyl (C=O) groups is 2. The number of halogens is 3. The molecule has 0 saturated heterocycles. The Hall–Kier alpha value is -3.29. The van der Waals surface area contributed by atoms with Gasteiger partial charge in [-0.05, 0) is 54.8 Å². The Morgan fingerprint density at radius 3 is 2.14 bits per heavy atom. The lowest BCUT2D eigenvalue weighted by molar-refractivity contribution is -0.274. The fourth-order valence-corrected chi connectivity index (χ4v) is 2.81. The van der Waals surface area contributed by atoms with E-state index in [2.05, 4.69) is 10.1 Å². The zero-order chi connectivity index (χ0) is 20.6. The molecule has 8 heteroatoms. The Morgan fingerprint density at radius 1 is 0.929 bits per heavy atom. The molecule has 0 saturated carbocycles. The molecular formula is C20H17F3N2O3. The summed E-state index contributed by atoms with van der Waals surface area (Å²) < 4.78 is 40.6. The van der Waals surface area contributed by atoms with E-state index in [0.29, 0.717) is 11.3 Å². The van der Waals surface area contributed by atoms with Gasteiger partial charge in [-0.2, -0.15) is 0 Å². The highest BCUT2D eigenvalue weighted by atomic mass is 19.4. The third-order valence-corrected chi connectivity index (χ3v) is 4.44. The Bertz CT molecular complexity index is 979. The molecule has 1 aliphatic heterocycles. The van der Waals surface area contributed by atoms with E-state index in [0.717, 1.165) is 28.2 Å². The second kappa shape index (κ2) is 7.03. The highest BCUT2D eigenvalue weighted by molar-refractivity contribution is 6.36. The Labute approximate surface area is 159 Å². The molecule has 0 bridgehead atoms. The number of imide groups is 1. The van der Waals surface area contributed by atoms with Crippen LogP contribution in [-0.2, 0) is 9.59 Å². The molecule has 2 aromatic carbocycles. The van der Waals surface area contributed by atoms with Crippen LogP contribution in [0.25, 0.3) is 5.57 Å². The van der Waals surface area contributed by atoms with E-state index in [1.54, 1.807) is 6.07 Å². The van der Waals surface area contributed by atoms with E-state index in [1.165, 1.54) is 19.2 Å². The number of hydrogen-bond donors (Lipinski definition) is 1. The normalized spacial score (nSPS) is 14.7. The van der Waals surface area contributed by atoms with Gasteiger partial charge in [0.15, 0.2) is 0 Å². The third kappa shape index (κ3) is 3.85. The predicted octanol–water partition coefficient (Wildman–Crippen LogP) is 4.02. The van der Waals surface area contributed by atoms with E-state index in [1.807, 2.05) is 26.0 Å². The van der Waals surface area contributed by atoms with Crippen molar-refractivity contribution in [3.05, 3.63) is 64.9 Å². The van der Waals surface area contributed by atoms with Gasteiger partial charge in [-0.15, -0.1) is 13.2 Å². The molecule has 0 fully saturated rings. The van der Waals surface area contributed by atoms with Gasteiger partial charge in [0.1, 0.15) is 11.4 Å². The minimum atomic E-state index is -4.79. The van der Waals surface area contributed by atoms with Crippen molar-refractivity contribution < 1.29 is 27.5 Å². The Balaban J connectivity index is 1.96. The molecule has 5 nitrogen and oxygen atoms in total. The number of nitrogens with one attached hydrogen (secondary N) is 1. The molecule has 2 amide bonds. The van der Waals surface area contributed by atoms with Crippen molar-refractivity contribution in [1.29, 1.82) is 0 Å². The zero-order valence-corrected chi connectivity index (χ0v) is 15.3. The first-order chi connectivity index (χ1) is 13.1. The number of hydrogen-bond acceptors (Lipinski definition) is 4. The van der Waals surface area contributed by atoms with Gasteiger partial charge in [-0.25, -0.2) is 0 Å². The average Bonchev–Trinajstić information content (AvgIpc) is 2.82. The Morgan fingerprint density at radius 2 is 1.57 bits per heavy atom. The number of carbonyl (C=O) groups excluding carboxylic acids is 2. The molecule has 0 radical (unpaired) electrons. The van der Waals surface area contributed by atoms with Crippen LogP contribution in [0.5, 0.6) is 5.75 Å². The van der Waals surface area contributed by atoms with E-state index in [9.17, 15) is 22.8 Å². The molecule has 1 heterocycles. The monoisotopic (exact) mass is 390 g/mol. The number of rotatable bonds is 4. The number of aryl methyl sites for hydroxylation is 2. The van der Waals surface area contributed by atoms with Crippen molar-refractivity contribution in [2.75, 3.05) is 12.4 Å². The molecule has 2 aromatic rings. The van der Waals surface area contributed by atoms with Crippen molar-refractivity contribution in [2.45, 2.75) is 20.2 Å². The van der Waals surface area contributed by atoms with Crippen molar-refractivity contribution in [2.24, 2.45) is 0 Å². The summed E-state index contributed by atoms with van der Waals surface area (Å²) in [7, 11) is 1.38. The van der Waals surface area contributed by atoms with E-state index in [-0.39, 0.29) is 17.0 Å².